The summed E-state index contributed by atoms with van der Waals surface area (Å²) in [5, 5.41) is 9.55. The average molecular weight is 343 g/mol. The van der Waals surface area contributed by atoms with Crippen molar-refractivity contribution >= 4 is 12.0 Å². The predicted octanol–water partition coefficient (Wildman–Crippen LogP) is 3.45. The Kier molecular flexibility index (Phi) is 5.74. The van der Waals surface area contributed by atoms with Gasteiger partial charge in [0.15, 0.2) is 0 Å². The quantitative estimate of drug-likeness (QED) is 0.621. The molecule has 5 nitrogen and oxygen atoms in total. The molecule has 0 aromatic carbocycles. The number of carbonyl (C=O) groups is 1. The van der Waals surface area contributed by atoms with Crippen LogP contribution in [0.3, 0.4) is 0 Å². The van der Waals surface area contributed by atoms with E-state index in [1.54, 1.807) is 11.0 Å². The van der Waals surface area contributed by atoms with Gasteiger partial charge in [0, 0.05) is 31.0 Å². The number of aromatic nitrogens is 1. The Morgan fingerprint density at radius 3 is 2.72 bits per heavy atom. The molecule has 1 aromatic heterocycles. The molecule has 2 heterocycles. The summed E-state index contributed by atoms with van der Waals surface area (Å²) < 4.78 is 8.08. The van der Waals surface area contributed by atoms with Crippen LogP contribution in [0.25, 0.3) is 6.08 Å². The highest BCUT2D eigenvalue weighted by molar-refractivity contribution is 6.02. The topological polar surface area (TPSA) is 58.3 Å². The van der Waals surface area contributed by atoms with Crippen LogP contribution in [0, 0.1) is 25.2 Å². The molecule has 1 amide bonds. The molecule has 136 valence electrons. The van der Waals surface area contributed by atoms with E-state index in [-0.39, 0.29) is 17.6 Å². The van der Waals surface area contributed by atoms with Crippen LogP contribution in [0.2, 0.25) is 0 Å². The van der Waals surface area contributed by atoms with E-state index in [4.69, 9.17) is 4.74 Å². The summed E-state index contributed by atoms with van der Waals surface area (Å²) in [5.41, 5.74) is 2.97. The van der Waals surface area contributed by atoms with Crippen molar-refractivity contribution in [3.8, 4) is 6.07 Å². The number of aryl methyl sites for hydroxylation is 1. The van der Waals surface area contributed by atoms with Crippen molar-refractivity contribution < 1.29 is 9.53 Å². The number of morpholine rings is 1. The Hall–Kier alpha value is -2.06. The molecule has 1 saturated heterocycles. The molecule has 0 spiro atoms. The molecule has 1 atom stereocenters. The van der Waals surface area contributed by atoms with Crippen LogP contribution < -0.4 is 0 Å². The zero-order valence-electron chi connectivity index (χ0n) is 16.2. The molecular weight excluding hydrogens is 314 g/mol. The maximum atomic E-state index is 12.9. The molecule has 0 bridgehead atoms. The first-order valence-electron chi connectivity index (χ1n) is 8.94. The second-order valence-corrected chi connectivity index (χ2v) is 7.52. The van der Waals surface area contributed by atoms with Crippen molar-refractivity contribution in [3.05, 3.63) is 28.6 Å². The fraction of sp³-hybridized carbons (Fsp3) is 0.600. The summed E-state index contributed by atoms with van der Waals surface area (Å²) in [6.07, 6.45) is 2.73. The van der Waals surface area contributed by atoms with Gasteiger partial charge in [0.1, 0.15) is 11.6 Å². The standard InChI is InChI=1S/C20H29N3O2/c1-7-8-23-14(2)9-17(16(23)4)10-18(11-21)19(24)22-12-15(3)25-20(5,6)13-22/h9-10,15H,7-8,12-13H2,1-6H3. The van der Waals surface area contributed by atoms with E-state index in [2.05, 4.69) is 24.5 Å². The highest BCUT2D eigenvalue weighted by Crippen LogP contribution is 2.24. The largest absolute Gasteiger partial charge is 0.369 e. The molecule has 25 heavy (non-hydrogen) atoms. The fourth-order valence-electron chi connectivity index (χ4n) is 3.62. The summed E-state index contributed by atoms with van der Waals surface area (Å²) in [6.45, 7) is 14.1. The molecule has 5 heteroatoms. The van der Waals surface area contributed by atoms with Gasteiger partial charge >= 0.3 is 0 Å². The van der Waals surface area contributed by atoms with Crippen LogP contribution in [-0.2, 0) is 16.1 Å². The van der Waals surface area contributed by atoms with Gasteiger partial charge in [-0.05, 0) is 58.7 Å². The SMILES string of the molecule is CCCn1c(C)cc(C=C(C#N)C(=O)N2CC(C)OC(C)(C)C2)c1C. The van der Waals surface area contributed by atoms with Crippen LogP contribution in [-0.4, -0.2) is 40.2 Å². The van der Waals surface area contributed by atoms with Gasteiger partial charge in [0.2, 0.25) is 0 Å². The summed E-state index contributed by atoms with van der Waals surface area (Å²) in [7, 11) is 0. The zero-order valence-corrected chi connectivity index (χ0v) is 16.2. The highest BCUT2D eigenvalue weighted by atomic mass is 16.5. The van der Waals surface area contributed by atoms with Crippen LogP contribution in [0.15, 0.2) is 11.6 Å². The summed E-state index contributed by atoms with van der Waals surface area (Å²) in [6, 6.07) is 4.14. The van der Waals surface area contributed by atoms with Crippen LogP contribution in [0.4, 0.5) is 0 Å². The molecule has 0 N–H and O–H groups in total. The van der Waals surface area contributed by atoms with E-state index in [0.29, 0.717) is 13.1 Å². The summed E-state index contributed by atoms with van der Waals surface area (Å²) in [5.74, 6) is -0.217. The smallest absolute Gasteiger partial charge is 0.264 e. The Labute approximate surface area is 150 Å². The van der Waals surface area contributed by atoms with Gasteiger partial charge in [-0.15, -0.1) is 0 Å². The molecule has 1 unspecified atom stereocenters. The third-order valence-electron chi connectivity index (χ3n) is 4.57. The van der Waals surface area contributed by atoms with Gasteiger partial charge in [-0.1, -0.05) is 6.92 Å². The number of amides is 1. The highest BCUT2D eigenvalue weighted by Gasteiger charge is 2.34. The number of hydrogen-bond donors (Lipinski definition) is 0. The fourth-order valence-corrected chi connectivity index (χ4v) is 3.62. The number of nitrogens with zero attached hydrogens (tertiary/aromatic N) is 3. The lowest BCUT2D eigenvalue weighted by Crippen LogP contribution is -2.54. The van der Waals surface area contributed by atoms with Gasteiger partial charge in [-0.25, -0.2) is 0 Å². The van der Waals surface area contributed by atoms with Crippen molar-refractivity contribution in [3.63, 3.8) is 0 Å². The molecule has 2 rings (SSSR count). The van der Waals surface area contributed by atoms with Crippen molar-refractivity contribution in [1.29, 1.82) is 5.26 Å². The predicted molar refractivity (Wildman–Crippen MR) is 99.0 cm³/mol. The normalized spacial score (nSPS) is 20.4. The second-order valence-electron chi connectivity index (χ2n) is 7.52. The lowest BCUT2D eigenvalue weighted by molar-refractivity contribution is -0.154. The van der Waals surface area contributed by atoms with E-state index in [1.807, 2.05) is 33.8 Å². The number of carbonyl (C=O) groups excluding carboxylic acids is 1. The van der Waals surface area contributed by atoms with Crippen molar-refractivity contribution in [2.24, 2.45) is 0 Å². The Bertz CT molecular complexity index is 722. The number of ether oxygens (including phenoxy) is 1. The average Bonchev–Trinajstić information content (AvgIpc) is 2.78. The van der Waals surface area contributed by atoms with E-state index in [0.717, 1.165) is 29.9 Å². The number of rotatable bonds is 4. The third kappa shape index (κ3) is 4.32. The van der Waals surface area contributed by atoms with Crippen molar-refractivity contribution in [2.75, 3.05) is 13.1 Å². The monoisotopic (exact) mass is 343 g/mol. The van der Waals surface area contributed by atoms with Crippen LogP contribution in [0.1, 0.15) is 51.1 Å². The van der Waals surface area contributed by atoms with E-state index in [1.165, 1.54) is 0 Å². The number of hydrogen-bond acceptors (Lipinski definition) is 3. The first-order valence-corrected chi connectivity index (χ1v) is 8.94. The van der Waals surface area contributed by atoms with Gasteiger partial charge in [0.05, 0.1) is 11.7 Å². The maximum absolute atomic E-state index is 12.9. The van der Waals surface area contributed by atoms with Crippen LogP contribution in [0.5, 0.6) is 0 Å². The molecule has 1 aromatic rings. The van der Waals surface area contributed by atoms with Crippen molar-refractivity contribution in [1.82, 2.24) is 9.47 Å². The molecule has 1 aliphatic heterocycles. The van der Waals surface area contributed by atoms with Gasteiger partial charge < -0.3 is 14.2 Å². The molecule has 0 radical (unpaired) electrons. The first kappa shape index (κ1) is 19.3. The minimum Gasteiger partial charge on any atom is -0.369 e. The van der Waals surface area contributed by atoms with Crippen molar-refractivity contribution in [2.45, 2.75) is 66.2 Å². The third-order valence-corrected chi connectivity index (χ3v) is 4.57. The van der Waals surface area contributed by atoms with Gasteiger partial charge in [0.25, 0.3) is 5.91 Å². The first-order chi connectivity index (χ1) is 11.7. The maximum Gasteiger partial charge on any atom is 0.264 e. The molecule has 1 aliphatic rings. The lowest BCUT2D eigenvalue weighted by atomic mass is 10.0. The lowest BCUT2D eigenvalue weighted by Gasteiger charge is -2.41. The van der Waals surface area contributed by atoms with Gasteiger partial charge in [-0.2, -0.15) is 5.26 Å². The van der Waals surface area contributed by atoms with Crippen LogP contribution >= 0.6 is 0 Å². The molecule has 0 saturated carbocycles. The second kappa shape index (κ2) is 7.45. The zero-order chi connectivity index (χ0) is 18.8. The Balaban J connectivity index is 2.30. The van der Waals surface area contributed by atoms with E-state index < -0.39 is 5.60 Å². The molecule has 0 aliphatic carbocycles. The van der Waals surface area contributed by atoms with E-state index in [9.17, 15) is 10.1 Å². The Morgan fingerprint density at radius 2 is 2.16 bits per heavy atom. The minimum atomic E-state index is -0.398. The summed E-state index contributed by atoms with van der Waals surface area (Å²) >= 11 is 0. The summed E-state index contributed by atoms with van der Waals surface area (Å²) in [4.78, 5) is 14.6. The van der Waals surface area contributed by atoms with Gasteiger partial charge in [-0.3, -0.25) is 4.79 Å². The Morgan fingerprint density at radius 1 is 1.48 bits per heavy atom. The van der Waals surface area contributed by atoms with E-state index >= 15 is 0 Å². The number of nitriles is 1. The molecular formula is C20H29N3O2. The minimum absolute atomic E-state index is 0.0396. The molecule has 1 fully saturated rings.